The average Bonchev–Trinajstić information content (AvgIpc) is 3.35. The summed E-state index contributed by atoms with van der Waals surface area (Å²) in [6, 6.07) is 9.29. The first-order chi connectivity index (χ1) is 16.3. The molecule has 1 aromatic heterocycles. The maximum Gasteiger partial charge on any atom is 0.244 e. The molecular weight excluding hydrogens is 463 g/mol. The second-order valence-electron chi connectivity index (χ2n) is 8.34. The van der Waals surface area contributed by atoms with Gasteiger partial charge in [-0.05, 0) is 37.6 Å². The lowest BCUT2D eigenvalue weighted by molar-refractivity contribution is 0.124. The molecule has 5 rings (SSSR count). The monoisotopic (exact) mass is 488 g/mol. The van der Waals surface area contributed by atoms with E-state index in [0.717, 1.165) is 0 Å². The van der Waals surface area contributed by atoms with E-state index in [4.69, 9.17) is 14.0 Å². The molecule has 0 N–H and O–H groups in total. The van der Waals surface area contributed by atoms with E-state index in [9.17, 15) is 12.8 Å². The van der Waals surface area contributed by atoms with Crippen molar-refractivity contribution in [2.45, 2.75) is 24.8 Å². The van der Waals surface area contributed by atoms with E-state index in [1.807, 2.05) is 6.92 Å². The summed E-state index contributed by atoms with van der Waals surface area (Å²) in [5, 5.41) is 3.99. The van der Waals surface area contributed by atoms with Crippen LogP contribution in [0.1, 0.15) is 24.4 Å². The number of aromatic nitrogens is 2. The first kappa shape index (κ1) is 22.8. The third kappa shape index (κ3) is 4.26. The molecule has 0 aliphatic carbocycles. The van der Waals surface area contributed by atoms with Crippen molar-refractivity contribution in [2.24, 2.45) is 0 Å². The fraction of sp³-hybridized carbons (Fsp3) is 0.391. The van der Waals surface area contributed by atoms with E-state index in [2.05, 4.69) is 15.0 Å². The highest BCUT2D eigenvalue weighted by atomic mass is 32.2. The zero-order valence-electron chi connectivity index (χ0n) is 18.9. The van der Waals surface area contributed by atoms with Crippen LogP contribution >= 0.6 is 0 Å². The van der Waals surface area contributed by atoms with Crippen LogP contribution in [0.4, 0.5) is 4.39 Å². The summed E-state index contributed by atoms with van der Waals surface area (Å²) >= 11 is 0. The number of piperazine rings is 1. The van der Waals surface area contributed by atoms with Gasteiger partial charge in [-0.3, -0.25) is 4.90 Å². The number of benzene rings is 2. The van der Waals surface area contributed by atoms with E-state index >= 15 is 0 Å². The lowest BCUT2D eigenvalue weighted by Gasteiger charge is -2.36. The summed E-state index contributed by atoms with van der Waals surface area (Å²) in [4.78, 5) is 6.71. The highest BCUT2D eigenvalue weighted by Crippen LogP contribution is 2.33. The van der Waals surface area contributed by atoms with Gasteiger partial charge in [0.25, 0.3) is 0 Å². The molecule has 1 atom stereocenters. The van der Waals surface area contributed by atoms with Crippen LogP contribution in [0.2, 0.25) is 0 Å². The van der Waals surface area contributed by atoms with E-state index in [1.54, 1.807) is 31.2 Å². The molecule has 3 heterocycles. The summed E-state index contributed by atoms with van der Waals surface area (Å²) in [6.07, 6.45) is 0. The maximum absolute atomic E-state index is 13.9. The molecule has 3 aromatic rings. The normalized spacial score (nSPS) is 18.1. The molecule has 0 spiro atoms. The minimum Gasteiger partial charge on any atom is -0.486 e. The summed E-state index contributed by atoms with van der Waals surface area (Å²) < 4.78 is 58.2. The number of nitrogens with zero attached hydrogens (tertiary/aromatic N) is 4. The zero-order chi connectivity index (χ0) is 23.9. The van der Waals surface area contributed by atoms with Crippen LogP contribution in [0.15, 0.2) is 45.8 Å². The molecule has 11 heteroatoms. The fourth-order valence-corrected chi connectivity index (χ4v) is 5.51. The van der Waals surface area contributed by atoms with Crippen LogP contribution in [0.5, 0.6) is 11.5 Å². The largest absolute Gasteiger partial charge is 0.486 e. The fourth-order valence-electron chi connectivity index (χ4n) is 4.07. The zero-order valence-corrected chi connectivity index (χ0v) is 19.7. The number of rotatable bonds is 5. The molecule has 180 valence electrons. The van der Waals surface area contributed by atoms with E-state index in [-0.39, 0.29) is 16.8 Å². The number of hydrogen-bond donors (Lipinski definition) is 0. The molecule has 1 saturated heterocycles. The number of ether oxygens (including phenoxy) is 2. The summed E-state index contributed by atoms with van der Waals surface area (Å²) in [6.45, 7) is 6.11. The van der Waals surface area contributed by atoms with Crippen molar-refractivity contribution >= 4 is 10.0 Å². The summed E-state index contributed by atoms with van der Waals surface area (Å²) in [7, 11) is -3.66. The molecule has 2 aromatic carbocycles. The van der Waals surface area contributed by atoms with Crippen molar-refractivity contribution in [1.82, 2.24) is 19.3 Å². The van der Waals surface area contributed by atoms with Crippen LogP contribution in [-0.2, 0) is 10.0 Å². The Morgan fingerprint density at radius 2 is 1.74 bits per heavy atom. The van der Waals surface area contributed by atoms with Crippen LogP contribution in [-0.4, -0.2) is 67.2 Å². The standard InChI is InChI=1S/C23H25FN4O5S/c1-15-3-4-17(13-19(15)24)22-25-23(33-26-22)16(2)27-7-9-28(10-8-27)34(29,30)18-5-6-20-21(14-18)32-12-11-31-20/h3-6,13-14,16H,7-12H2,1-2H3. The van der Waals surface area contributed by atoms with Gasteiger partial charge in [0, 0.05) is 37.8 Å². The molecule has 1 unspecified atom stereocenters. The van der Waals surface area contributed by atoms with Gasteiger partial charge >= 0.3 is 0 Å². The van der Waals surface area contributed by atoms with Crippen LogP contribution < -0.4 is 9.47 Å². The van der Waals surface area contributed by atoms with Gasteiger partial charge in [-0.1, -0.05) is 17.3 Å². The van der Waals surface area contributed by atoms with Crippen LogP contribution in [0.25, 0.3) is 11.4 Å². The Balaban J connectivity index is 1.25. The minimum absolute atomic E-state index is 0.185. The molecule has 2 aliphatic rings. The Morgan fingerprint density at radius 1 is 1.00 bits per heavy atom. The first-order valence-electron chi connectivity index (χ1n) is 11.1. The quantitative estimate of drug-likeness (QED) is 0.541. The first-order valence-corrected chi connectivity index (χ1v) is 12.5. The molecule has 1 fully saturated rings. The van der Waals surface area contributed by atoms with Gasteiger partial charge in [0.2, 0.25) is 21.7 Å². The summed E-state index contributed by atoms with van der Waals surface area (Å²) in [5.74, 6) is 1.39. The lowest BCUT2D eigenvalue weighted by atomic mass is 10.1. The van der Waals surface area contributed by atoms with Gasteiger partial charge in [0.1, 0.15) is 19.0 Å². The predicted molar refractivity (Wildman–Crippen MR) is 121 cm³/mol. The molecule has 2 aliphatic heterocycles. The molecule has 0 amide bonds. The Morgan fingerprint density at radius 3 is 2.47 bits per heavy atom. The minimum atomic E-state index is -3.66. The van der Waals surface area contributed by atoms with Gasteiger partial charge in [0.15, 0.2) is 11.5 Å². The van der Waals surface area contributed by atoms with Gasteiger partial charge in [-0.25, -0.2) is 12.8 Å². The predicted octanol–water partition coefficient (Wildman–Crippen LogP) is 3.02. The van der Waals surface area contributed by atoms with Crippen molar-refractivity contribution < 1.29 is 26.8 Å². The SMILES string of the molecule is Cc1ccc(-c2noc(C(C)N3CCN(S(=O)(=O)c4ccc5c(c4)OCCO5)CC3)n2)cc1F. The molecule has 0 saturated carbocycles. The average molecular weight is 489 g/mol. The second-order valence-corrected chi connectivity index (χ2v) is 10.3. The van der Waals surface area contributed by atoms with Crippen molar-refractivity contribution in [3.8, 4) is 22.9 Å². The van der Waals surface area contributed by atoms with Crippen LogP contribution in [0, 0.1) is 12.7 Å². The molecular formula is C23H25FN4O5S. The molecule has 9 nitrogen and oxygen atoms in total. The van der Waals surface area contributed by atoms with Crippen molar-refractivity contribution in [2.75, 3.05) is 39.4 Å². The molecule has 0 bridgehead atoms. The Bertz CT molecular complexity index is 1300. The van der Waals surface area contributed by atoms with Gasteiger partial charge in [0.05, 0.1) is 10.9 Å². The third-order valence-corrected chi connectivity index (χ3v) is 8.10. The number of aryl methyl sites for hydroxylation is 1. The second kappa shape index (κ2) is 8.97. The summed E-state index contributed by atoms with van der Waals surface area (Å²) in [5.41, 5.74) is 1.09. The van der Waals surface area contributed by atoms with Crippen molar-refractivity contribution in [3.63, 3.8) is 0 Å². The van der Waals surface area contributed by atoms with E-state index < -0.39 is 10.0 Å². The van der Waals surface area contributed by atoms with Gasteiger partial charge in [-0.2, -0.15) is 9.29 Å². The Kier molecular flexibility index (Phi) is 6.00. The number of fused-ring (bicyclic) bond motifs is 1. The molecule has 34 heavy (non-hydrogen) atoms. The van der Waals surface area contributed by atoms with Gasteiger partial charge in [-0.15, -0.1) is 0 Å². The van der Waals surface area contributed by atoms with Crippen molar-refractivity contribution in [1.29, 1.82) is 0 Å². The third-order valence-electron chi connectivity index (χ3n) is 6.20. The number of halogens is 1. The van der Waals surface area contributed by atoms with Crippen molar-refractivity contribution in [3.05, 3.63) is 53.7 Å². The Hall–Kier alpha value is -3.02. The molecule has 0 radical (unpaired) electrons. The number of hydrogen-bond acceptors (Lipinski definition) is 8. The highest BCUT2D eigenvalue weighted by Gasteiger charge is 2.32. The van der Waals surface area contributed by atoms with Gasteiger partial charge < -0.3 is 14.0 Å². The van der Waals surface area contributed by atoms with E-state index in [1.165, 1.54) is 16.4 Å². The number of sulfonamides is 1. The van der Waals surface area contributed by atoms with E-state index in [0.29, 0.717) is 73.7 Å². The Labute approximate surface area is 197 Å². The topological polar surface area (TPSA) is 98.0 Å². The maximum atomic E-state index is 13.9. The smallest absolute Gasteiger partial charge is 0.244 e. The van der Waals surface area contributed by atoms with Crippen LogP contribution in [0.3, 0.4) is 0 Å². The lowest BCUT2D eigenvalue weighted by Crippen LogP contribution is -2.49. The highest BCUT2D eigenvalue weighted by molar-refractivity contribution is 7.89.